The van der Waals surface area contributed by atoms with Gasteiger partial charge in [-0.25, -0.2) is 0 Å². The standard InChI is InChI=1S/C21H21N5OS2/c1-15-6-8-17(9-7-15)26-20(25-10-2-3-11-25)22-23-21(26)29-14-16-13-18(27-24-16)19-5-4-12-28-19/h4-9,12-13H,2-3,10-11,14H2,1H3. The van der Waals surface area contributed by atoms with Crippen LogP contribution in [0.3, 0.4) is 0 Å². The maximum atomic E-state index is 5.51. The fourth-order valence-corrected chi connectivity index (χ4v) is 4.95. The van der Waals surface area contributed by atoms with E-state index in [1.165, 1.54) is 18.4 Å². The number of aromatic nitrogens is 4. The topological polar surface area (TPSA) is 60.0 Å². The minimum atomic E-state index is 0.679. The summed E-state index contributed by atoms with van der Waals surface area (Å²) < 4.78 is 7.67. The van der Waals surface area contributed by atoms with Crippen molar-refractivity contribution in [2.75, 3.05) is 18.0 Å². The predicted molar refractivity (Wildman–Crippen MR) is 117 cm³/mol. The van der Waals surface area contributed by atoms with E-state index < -0.39 is 0 Å². The minimum absolute atomic E-state index is 0.679. The molecule has 1 aliphatic rings. The van der Waals surface area contributed by atoms with Gasteiger partial charge in [0.25, 0.3) is 0 Å². The van der Waals surface area contributed by atoms with Crippen LogP contribution in [0.2, 0.25) is 0 Å². The molecule has 1 aromatic carbocycles. The van der Waals surface area contributed by atoms with Gasteiger partial charge in [-0.05, 0) is 43.3 Å². The number of nitrogens with zero attached hydrogens (tertiary/aromatic N) is 5. The molecule has 0 saturated carbocycles. The smallest absolute Gasteiger partial charge is 0.232 e. The van der Waals surface area contributed by atoms with Crippen LogP contribution in [-0.4, -0.2) is 33.0 Å². The Balaban J connectivity index is 1.41. The summed E-state index contributed by atoms with van der Waals surface area (Å²) in [6.45, 7) is 4.16. The number of hydrogen-bond acceptors (Lipinski definition) is 7. The summed E-state index contributed by atoms with van der Waals surface area (Å²) in [6, 6.07) is 14.6. The van der Waals surface area contributed by atoms with Gasteiger partial charge in [0.05, 0.1) is 16.3 Å². The second-order valence-corrected chi connectivity index (χ2v) is 8.99. The highest BCUT2D eigenvalue weighted by Crippen LogP contribution is 2.31. The third-order valence-electron chi connectivity index (χ3n) is 4.97. The van der Waals surface area contributed by atoms with Crippen molar-refractivity contribution in [3.8, 4) is 16.3 Å². The molecule has 0 bridgehead atoms. The van der Waals surface area contributed by atoms with Gasteiger partial charge in [-0.3, -0.25) is 4.57 Å². The lowest BCUT2D eigenvalue weighted by atomic mass is 10.2. The molecule has 0 radical (unpaired) electrons. The first-order chi connectivity index (χ1) is 14.3. The van der Waals surface area contributed by atoms with Crippen molar-refractivity contribution in [2.24, 2.45) is 0 Å². The van der Waals surface area contributed by atoms with Gasteiger partial charge in [0.1, 0.15) is 0 Å². The number of benzene rings is 1. The molecule has 4 aromatic rings. The molecule has 1 saturated heterocycles. The van der Waals surface area contributed by atoms with Crippen LogP contribution in [0.5, 0.6) is 0 Å². The van der Waals surface area contributed by atoms with Gasteiger partial charge in [0.2, 0.25) is 5.95 Å². The Morgan fingerprint density at radius 2 is 1.93 bits per heavy atom. The summed E-state index contributed by atoms with van der Waals surface area (Å²) >= 11 is 3.28. The Labute approximate surface area is 177 Å². The normalized spacial score (nSPS) is 14.0. The summed E-state index contributed by atoms with van der Waals surface area (Å²) in [5.74, 6) is 2.42. The first-order valence-electron chi connectivity index (χ1n) is 9.67. The molecule has 6 nitrogen and oxygen atoms in total. The molecule has 0 unspecified atom stereocenters. The van der Waals surface area contributed by atoms with E-state index in [2.05, 4.69) is 56.0 Å². The highest BCUT2D eigenvalue weighted by molar-refractivity contribution is 7.98. The molecule has 0 spiro atoms. The van der Waals surface area contributed by atoms with E-state index in [0.29, 0.717) is 5.75 Å². The Kier molecular flexibility index (Phi) is 5.12. The largest absolute Gasteiger partial charge is 0.355 e. The van der Waals surface area contributed by atoms with E-state index >= 15 is 0 Å². The van der Waals surface area contributed by atoms with Gasteiger partial charge < -0.3 is 9.42 Å². The lowest BCUT2D eigenvalue weighted by molar-refractivity contribution is 0.427. The Bertz CT molecular complexity index is 1080. The molecular formula is C21H21N5OS2. The summed E-state index contributed by atoms with van der Waals surface area (Å²) in [4.78, 5) is 3.41. The molecule has 5 rings (SSSR count). The summed E-state index contributed by atoms with van der Waals surface area (Å²) in [6.07, 6.45) is 2.40. The van der Waals surface area contributed by atoms with Crippen LogP contribution in [-0.2, 0) is 5.75 Å². The third kappa shape index (κ3) is 3.82. The van der Waals surface area contributed by atoms with Crippen molar-refractivity contribution in [1.29, 1.82) is 0 Å². The fourth-order valence-electron chi connectivity index (χ4n) is 3.45. The molecule has 0 amide bonds. The quantitative estimate of drug-likeness (QED) is 0.398. The SMILES string of the molecule is Cc1ccc(-n2c(SCc3cc(-c4cccs4)on3)nnc2N2CCCC2)cc1. The van der Waals surface area contributed by atoms with Crippen molar-refractivity contribution in [2.45, 2.75) is 30.7 Å². The molecule has 1 aliphatic heterocycles. The fraction of sp³-hybridized carbons (Fsp3) is 0.286. The van der Waals surface area contributed by atoms with Gasteiger partial charge in [-0.2, -0.15) is 0 Å². The molecule has 3 aromatic heterocycles. The number of hydrogen-bond donors (Lipinski definition) is 0. The maximum Gasteiger partial charge on any atom is 0.232 e. The van der Waals surface area contributed by atoms with Crippen molar-refractivity contribution in [3.05, 3.63) is 59.1 Å². The molecule has 4 heterocycles. The Morgan fingerprint density at radius 1 is 1.10 bits per heavy atom. The molecule has 0 atom stereocenters. The van der Waals surface area contributed by atoms with Gasteiger partial charge in [-0.1, -0.05) is 40.7 Å². The van der Waals surface area contributed by atoms with E-state index in [4.69, 9.17) is 4.52 Å². The predicted octanol–water partition coefficient (Wildman–Crippen LogP) is 5.18. The lowest BCUT2D eigenvalue weighted by Gasteiger charge is -2.18. The average Bonchev–Trinajstić information content (AvgIpc) is 3.54. The molecule has 0 N–H and O–H groups in total. The van der Waals surface area contributed by atoms with E-state index in [1.54, 1.807) is 23.1 Å². The number of thiophene rings is 1. The summed E-state index contributed by atoms with van der Waals surface area (Å²) in [5, 5.41) is 16.2. The number of rotatable bonds is 6. The number of aryl methyl sites for hydroxylation is 1. The Hall–Kier alpha value is -2.58. The van der Waals surface area contributed by atoms with Crippen LogP contribution in [0, 0.1) is 6.92 Å². The van der Waals surface area contributed by atoms with Crippen LogP contribution in [0.15, 0.2) is 57.5 Å². The van der Waals surface area contributed by atoms with E-state index in [-0.39, 0.29) is 0 Å². The Morgan fingerprint density at radius 3 is 2.69 bits per heavy atom. The van der Waals surface area contributed by atoms with Crippen LogP contribution in [0.25, 0.3) is 16.3 Å². The number of anilines is 1. The maximum absolute atomic E-state index is 5.51. The molecule has 29 heavy (non-hydrogen) atoms. The summed E-state index contributed by atoms with van der Waals surface area (Å²) in [5.41, 5.74) is 3.23. The highest BCUT2D eigenvalue weighted by atomic mass is 32.2. The van der Waals surface area contributed by atoms with Crippen molar-refractivity contribution < 1.29 is 4.52 Å². The third-order valence-corrected chi connectivity index (χ3v) is 6.82. The molecule has 148 valence electrons. The summed E-state index contributed by atoms with van der Waals surface area (Å²) in [7, 11) is 0. The van der Waals surface area contributed by atoms with Gasteiger partial charge >= 0.3 is 0 Å². The zero-order valence-corrected chi connectivity index (χ0v) is 17.7. The van der Waals surface area contributed by atoms with Crippen LogP contribution >= 0.6 is 23.1 Å². The molecule has 1 fully saturated rings. The molecular weight excluding hydrogens is 402 g/mol. The second kappa shape index (κ2) is 8.04. The first kappa shape index (κ1) is 18.4. The van der Waals surface area contributed by atoms with E-state index in [9.17, 15) is 0 Å². The van der Waals surface area contributed by atoms with Crippen LogP contribution in [0.4, 0.5) is 5.95 Å². The van der Waals surface area contributed by atoms with Gasteiger partial charge in [0.15, 0.2) is 10.9 Å². The minimum Gasteiger partial charge on any atom is -0.355 e. The van der Waals surface area contributed by atoms with E-state index in [0.717, 1.165) is 46.2 Å². The number of thioether (sulfide) groups is 1. The van der Waals surface area contributed by atoms with Crippen molar-refractivity contribution >= 4 is 29.0 Å². The molecule has 0 aliphatic carbocycles. The first-order valence-corrected chi connectivity index (χ1v) is 11.5. The van der Waals surface area contributed by atoms with Gasteiger partial charge in [-0.15, -0.1) is 21.5 Å². The molecule has 8 heteroatoms. The highest BCUT2D eigenvalue weighted by Gasteiger charge is 2.22. The second-order valence-electron chi connectivity index (χ2n) is 7.10. The van der Waals surface area contributed by atoms with Crippen LogP contribution < -0.4 is 4.90 Å². The van der Waals surface area contributed by atoms with Crippen molar-refractivity contribution in [3.63, 3.8) is 0 Å². The van der Waals surface area contributed by atoms with E-state index in [1.807, 2.05) is 23.6 Å². The zero-order chi connectivity index (χ0) is 19.6. The average molecular weight is 424 g/mol. The van der Waals surface area contributed by atoms with Gasteiger partial charge in [0, 0.05) is 24.9 Å². The lowest BCUT2D eigenvalue weighted by Crippen LogP contribution is -2.22. The zero-order valence-electron chi connectivity index (χ0n) is 16.1. The van der Waals surface area contributed by atoms with Crippen molar-refractivity contribution in [1.82, 2.24) is 19.9 Å². The van der Waals surface area contributed by atoms with Crippen LogP contribution in [0.1, 0.15) is 24.1 Å². The monoisotopic (exact) mass is 423 g/mol.